The van der Waals surface area contributed by atoms with E-state index in [1.54, 1.807) is 0 Å². The van der Waals surface area contributed by atoms with E-state index in [9.17, 15) is 14.4 Å². The molecule has 1 fully saturated rings. The molecule has 7 heteroatoms. The molecule has 1 atom stereocenters. The van der Waals surface area contributed by atoms with Crippen LogP contribution in [0.2, 0.25) is 0 Å². The van der Waals surface area contributed by atoms with E-state index in [1.807, 2.05) is 34.6 Å². The summed E-state index contributed by atoms with van der Waals surface area (Å²) < 4.78 is 15.5. The molecule has 132 valence electrons. The molecule has 0 radical (unpaired) electrons. The molecule has 1 rings (SSSR count). The molecule has 23 heavy (non-hydrogen) atoms. The molecule has 1 N–H and O–H groups in total. The molecule has 0 spiro atoms. The fourth-order valence-electron chi connectivity index (χ4n) is 2.10. The Labute approximate surface area is 137 Å². The molecule has 1 saturated heterocycles. The Morgan fingerprint density at radius 1 is 1.22 bits per heavy atom. The van der Waals surface area contributed by atoms with E-state index in [0.717, 1.165) is 0 Å². The maximum atomic E-state index is 12.0. The van der Waals surface area contributed by atoms with Crippen molar-refractivity contribution in [2.75, 3.05) is 0 Å². The van der Waals surface area contributed by atoms with Gasteiger partial charge in [0.15, 0.2) is 5.92 Å². The van der Waals surface area contributed by atoms with Gasteiger partial charge in [0.25, 0.3) is 5.79 Å². The lowest BCUT2D eigenvalue weighted by Crippen LogP contribution is -2.48. The van der Waals surface area contributed by atoms with Crippen LogP contribution in [0.1, 0.15) is 54.9 Å². The van der Waals surface area contributed by atoms with Gasteiger partial charge in [-0.25, -0.2) is 4.79 Å². The quantitative estimate of drug-likeness (QED) is 0.629. The monoisotopic (exact) mass is 329 g/mol. The van der Waals surface area contributed by atoms with Gasteiger partial charge >= 0.3 is 18.0 Å². The largest absolute Gasteiger partial charge is 0.446 e. The number of esters is 2. The highest BCUT2D eigenvalue weighted by molar-refractivity contribution is 5.96. The highest BCUT2D eigenvalue weighted by Crippen LogP contribution is 2.28. The summed E-state index contributed by atoms with van der Waals surface area (Å²) in [4.78, 5) is 35.9. The third-order valence-electron chi connectivity index (χ3n) is 3.21. The number of alkyl carbamates (subject to hydrolysis) is 1. The summed E-state index contributed by atoms with van der Waals surface area (Å²) in [6, 6.07) is 0. The average molecular weight is 329 g/mol. The van der Waals surface area contributed by atoms with Crippen LogP contribution in [0.3, 0.4) is 0 Å². The summed E-state index contributed by atoms with van der Waals surface area (Å²) >= 11 is 0. The number of carbonyl (C=O) groups is 3. The van der Waals surface area contributed by atoms with Crippen molar-refractivity contribution >= 4 is 18.0 Å². The van der Waals surface area contributed by atoms with Crippen LogP contribution in [0, 0.1) is 11.8 Å². The molecule has 1 heterocycles. The van der Waals surface area contributed by atoms with Crippen molar-refractivity contribution < 1.29 is 28.6 Å². The SMILES string of the molecule is CC(C)[C@@H](CC1C(=O)OC(C)(C)OC1=O)OC(=O)NC(C)(C)C. The molecule has 0 aliphatic carbocycles. The number of rotatable bonds is 4. The summed E-state index contributed by atoms with van der Waals surface area (Å²) in [5.74, 6) is -3.73. The zero-order valence-electron chi connectivity index (χ0n) is 14.9. The lowest BCUT2D eigenvalue weighted by atomic mass is 9.94. The first-order chi connectivity index (χ1) is 10.3. The van der Waals surface area contributed by atoms with Crippen molar-refractivity contribution in [1.82, 2.24) is 5.32 Å². The van der Waals surface area contributed by atoms with Gasteiger partial charge in [-0.05, 0) is 26.7 Å². The van der Waals surface area contributed by atoms with Gasteiger partial charge < -0.3 is 19.5 Å². The molecule has 7 nitrogen and oxygen atoms in total. The molecule has 1 aliphatic rings. The Hall–Kier alpha value is -1.79. The van der Waals surface area contributed by atoms with Gasteiger partial charge in [-0.2, -0.15) is 0 Å². The smallest absolute Gasteiger partial charge is 0.407 e. The maximum absolute atomic E-state index is 12.0. The summed E-state index contributed by atoms with van der Waals surface area (Å²) in [5.41, 5.74) is -0.439. The summed E-state index contributed by atoms with van der Waals surface area (Å²) in [7, 11) is 0. The molecule has 0 saturated carbocycles. The number of carbonyl (C=O) groups excluding carboxylic acids is 3. The highest BCUT2D eigenvalue weighted by Gasteiger charge is 2.45. The van der Waals surface area contributed by atoms with Crippen molar-refractivity contribution in [3.05, 3.63) is 0 Å². The van der Waals surface area contributed by atoms with Crippen LogP contribution in [-0.2, 0) is 23.8 Å². The number of nitrogens with one attached hydrogen (secondary N) is 1. The predicted molar refractivity (Wildman–Crippen MR) is 82.4 cm³/mol. The van der Waals surface area contributed by atoms with Gasteiger partial charge in [0, 0.05) is 25.8 Å². The molecular weight excluding hydrogens is 302 g/mol. The second-order valence-corrected chi connectivity index (χ2v) is 7.59. The van der Waals surface area contributed by atoms with Gasteiger partial charge in [0.1, 0.15) is 6.10 Å². The number of hydrogen-bond acceptors (Lipinski definition) is 6. The van der Waals surface area contributed by atoms with E-state index < -0.39 is 41.4 Å². The molecule has 1 amide bonds. The van der Waals surface area contributed by atoms with Crippen LogP contribution in [-0.4, -0.2) is 35.5 Å². The van der Waals surface area contributed by atoms with E-state index in [1.165, 1.54) is 13.8 Å². The molecule has 0 aromatic rings. The van der Waals surface area contributed by atoms with Crippen molar-refractivity contribution in [1.29, 1.82) is 0 Å². The van der Waals surface area contributed by atoms with Crippen molar-refractivity contribution in [2.24, 2.45) is 11.8 Å². The fourth-order valence-corrected chi connectivity index (χ4v) is 2.10. The Morgan fingerprint density at radius 2 is 1.70 bits per heavy atom. The van der Waals surface area contributed by atoms with Crippen LogP contribution in [0.15, 0.2) is 0 Å². The van der Waals surface area contributed by atoms with Gasteiger partial charge in [-0.15, -0.1) is 0 Å². The average Bonchev–Trinajstić information content (AvgIpc) is 2.28. The van der Waals surface area contributed by atoms with E-state index in [2.05, 4.69) is 5.32 Å². The number of cyclic esters (lactones) is 2. The number of amides is 1. The Kier molecular flexibility index (Phi) is 5.66. The molecular formula is C16H27NO6. The second kappa shape index (κ2) is 6.76. The second-order valence-electron chi connectivity index (χ2n) is 7.59. The normalized spacial score (nSPS) is 19.8. The van der Waals surface area contributed by atoms with Crippen LogP contribution in [0.25, 0.3) is 0 Å². The predicted octanol–water partition coefficient (Wildman–Crippen LogP) is 2.38. The van der Waals surface area contributed by atoms with Gasteiger partial charge in [-0.1, -0.05) is 13.8 Å². The summed E-state index contributed by atoms with van der Waals surface area (Å²) in [6.07, 6.45) is -1.17. The minimum Gasteiger partial charge on any atom is -0.446 e. The lowest BCUT2D eigenvalue weighted by molar-refractivity contribution is -0.241. The third-order valence-corrected chi connectivity index (χ3v) is 3.21. The van der Waals surface area contributed by atoms with Gasteiger partial charge in [-0.3, -0.25) is 9.59 Å². The highest BCUT2D eigenvalue weighted by atomic mass is 16.7. The van der Waals surface area contributed by atoms with Crippen molar-refractivity contribution in [3.63, 3.8) is 0 Å². The Balaban J connectivity index is 2.75. The summed E-state index contributed by atoms with van der Waals surface area (Å²) in [6.45, 7) is 12.2. The zero-order chi connectivity index (χ0) is 18.0. The molecule has 0 bridgehead atoms. The maximum Gasteiger partial charge on any atom is 0.407 e. The van der Waals surface area contributed by atoms with E-state index in [4.69, 9.17) is 14.2 Å². The molecule has 1 aliphatic heterocycles. The van der Waals surface area contributed by atoms with Gasteiger partial charge in [0.2, 0.25) is 0 Å². The van der Waals surface area contributed by atoms with Crippen LogP contribution in [0.5, 0.6) is 0 Å². The standard InChI is InChI=1S/C16H27NO6/c1-9(2)11(21-14(20)17-15(3,4)5)8-10-12(18)22-16(6,7)23-13(10)19/h9-11H,8H2,1-7H3,(H,17,20)/t11-/m1/s1. The first-order valence-corrected chi connectivity index (χ1v) is 7.75. The van der Waals surface area contributed by atoms with Gasteiger partial charge in [0.05, 0.1) is 0 Å². The first kappa shape index (κ1) is 19.3. The topological polar surface area (TPSA) is 90.9 Å². The van der Waals surface area contributed by atoms with Crippen molar-refractivity contribution in [3.8, 4) is 0 Å². The minimum absolute atomic E-state index is 0.0307. The first-order valence-electron chi connectivity index (χ1n) is 7.75. The van der Waals surface area contributed by atoms with E-state index >= 15 is 0 Å². The zero-order valence-corrected chi connectivity index (χ0v) is 14.9. The lowest BCUT2D eigenvalue weighted by Gasteiger charge is -2.34. The molecule has 0 aromatic carbocycles. The third kappa shape index (κ3) is 6.08. The van der Waals surface area contributed by atoms with E-state index in [0.29, 0.717) is 0 Å². The minimum atomic E-state index is -1.26. The van der Waals surface area contributed by atoms with Crippen LogP contribution < -0.4 is 5.32 Å². The number of ether oxygens (including phenoxy) is 3. The fraction of sp³-hybridized carbons (Fsp3) is 0.812. The van der Waals surface area contributed by atoms with Crippen LogP contribution in [0.4, 0.5) is 4.79 Å². The Bertz CT molecular complexity index is 457. The van der Waals surface area contributed by atoms with Crippen molar-refractivity contribution in [2.45, 2.75) is 72.3 Å². The summed E-state index contributed by atoms with van der Waals surface area (Å²) in [5, 5.41) is 2.68. The Morgan fingerprint density at radius 3 is 2.09 bits per heavy atom. The van der Waals surface area contributed by atoms with Crippen LogP contribution >= 0.6 is 0 Å². The molecule has 0 unspecified atom stereocenters. The molecule has 0 aromatic heterocycles. The van der Waals surface area contributed by atoms with E-state index in [-0.39, 0.29) is 12.3 Å². The number of hydrogen-bond donors (Lipinski definition) is 1.